The number of hydrogen-bond acceptors (Lipinski definition) is 6. The zero-order valence-electron chi connectivity index (χ0n) is 17.8. The van der Waals surface area contributed by atoms with E-state index in [0.29, 0.717) is 40.3 Å². The largest absolute Gasteiger partial charge is 0.482 e. The van der Waals surface area contributed by atoms with Gasteiger partial charge in [-0.3, -0.25) is 4.79 Å². The molecule has 1 aromatic carbocycles. The zero-order chi connectivity index (χ0) is 22.3. The number of carbonyl (C=O) groups excluding carboxylic acids is 1. The molecule has 7 nitrogen and oxygen atoms in total. The molecule has 1 aliphatic carbocycles. The Morgan fingerprint density at radius 1 is 1.35 bits per heavy atom. The van der Waals surface area contributed by atoms with Gasteiger partial charge >= 0.3 is 0 Å². The highest BCUT2D eigenvalue weighted by Crippen LogP contribution is 2.35. The molecule has 1 aliphatic heterocycles. The van der Waals surface area contributed by atoms with Gasteiger partial charge in [-0.1, -0.05) is 0 Å². The van der Waals surface area contributed by atoms with E-state index in [1.165, 1.54) is 18.2 Å². The summed E-state index contributed by atoms with van der Waals surface area (Å²) in [5.74, 6) is -0.117. The van der Waals surface area contributed by atoms with E-state index in [2.05, 4.69) is 10.3 Å². The molecule has 1 amide bonds. The number of nitrogens with two attached hydrogens (primary N) is 1. The van der Waals surface area contributed by atoms with Crippen LogP contribution in [0.3, 0.4) is 0 Å². The number of benzene rings is 1. The van der Waals surface area contributed by atoms with E-state index < -0.39 is 11.9 Å². The Morgan fingerprint density at radius 3 is 2.74 bits per heavy atom. The van der Waals surface area contributed by atoms with Gasteiger partial charge in [-0.15, -0.1) is 0 Å². The van der Waals surface area contributed by atoms with Gasteiger partial charge in [0.2, 0.25) is 0 Å². The van der Waals surface area contributed by atoms with Gasteiger partial charge in [-0.2, -0.15) is 0 Å². The van der Waals surface area contributed by atoms with Crippen LogP contribution >= 0.6 is 0 Å². The summed E-state index contributed by atoms with van der Waals surface area (Å²) in [7, 11) is 1.77. The third-order valence-corrected chi connectivity index (χ3v) is 5.71. The summed E-state index contributed by atoms with van der Waals surface area (Å²) in [5.41, 5.74) is 9.26. The van der Waals surface area contributed by atoms with Crippen molar-refractivity contribution in [2.75, 3.05) is 19.3 Å². The van der Waals surface area contributed by atoms with Crippen LogP contribution in [0.2, 0.25) is 0 Å². The molecule has 1 fully saturated rings. The van der Waals surface area contributed by atoms with Gasteiger partial charge in [-0.05, 0) is 51.0 Å². The molecule has 2 heterocycles. The number of nitrogens with zero attached hydrogens (tertiary/aromatic N) is 2. The number of aromatic nitrogens is 1. The minimum absolute atomic E-state index is 0.111. The number of amides is 1. The Morgan fingerprint density at radius 2 is 2.10 bits per heavy atom. The van der Waals surface area contributed by atoms with Crippen LogP contribution in [0.4, 0.5) is 10.2 Å². The molecular formula is C23H26FN5O2. The minimum Gasteiger partial charge on any atom is -0.482 e. The van der Waals surface area contributed by atoms with Crippen molar-refractivity contribution < 1.29 is 13.9 Å². The number of allylic oxidation sites excluding steroid dienone is 1. The first-order chi connectivity index (χ1) is 14.8. The molecule has 162 valence electrons. The third kappa shape index (κ3) is 3.97. The maximum absolute atomic E-state index is 14.1. The number of anilines is 1. The average molecular weight is 423 g/mol. The Kier molecular flexibility index (Phi) is 5.39. The van der Waals surface area contributed by atoms with Crippen molar-refractivity contribution in [1.82, 2.24) is 15.2 Å². The summed E-state index contributed by atoms with van der Waals surface area (Å²) in [6.07, 6.45) is 2.79. The predicted molar refractivity (Wildman–Crippen MR) is 118 cm³/mol. The van der Waals surface area contributed by atoms with Crippen LogP contribution in [0.1, 0.15) is 54.3 Å². The van der Waals surface area contributed by atoms with E-state index in [9.17, 15) is 9.18 Å². The molecule has 2 bridgehead atoms. The van der Waals surface area contributed by atoms with Crippen LogP contribution in [0.5, 0.6) is 5.75 Å². The predicted octanol–water partition coefficient (Wildman–Crippen LogP) is 3.53. The Hall–Kier alpha value is -3.42. The number of rotatable bonds is 3. The van der Waals surface area contributed by atoms with Gasteiger partial charge in [-0.25, -0.2) is 9.37 Å². The molecule has 31 heavy (non-hydrogen) atoms. The topological polar surface area (TPSA) is 104 Å². The first-order valence-corrected chi connectivity index (χ1v) is 10.3. The molecule has 8 heteroatoms. The van der Waals surface area contributed by atoms with Crippen molar-refractivity contribution in [2.45, 2.75) is 38.8 Å². The van der Waals surface area contributed by atoms with E-state index >= 15 is 0 Å². The Bertz CT molecular complexity index is 1090. The molecule has 0 spiro atoms. The van der Waals surface area contributed by atoms with Gasteiger partial charge in [0.15, 0.2) is 11.6 Å². The monoisotopic (exact) mass is 423 g/mol. The molecule has 4 rings (SSSR count). The molecule has 2 aliphatic rings. The molecule has 2 aromatic rings. The van der Waals surface area contributed by atoms with Gasteiger partial charge < -0.3 is 26.1 Å². The fourth-order valence-corrected chi connectivity index (χ4v) is 3.98. The van der Waals surface area contributed by atoms with Crippen molar-refractivity contribution in [3.8, 4) is 5.75 Å². The highest BCUT2D eigenvalue weighted by molar-refractivity contribution is 6.22. The molecule has 0 radical (unpaired) electrons. The number of pyridine rings is 1. The first kappa shape index (κ1) is 20.8. The average Bonchev–Trinajstić information content (AvgIpc) is 3.56. The van der Waals surface area contributed by atoms with Crippen molar-refractivity contribution in [1.29, 1.82) is 5.41 Å². The number of nitrogen functional groups attached to an aromatic ring is 1. The SMILES string of the molecule is CN/C1=C(\C(C)=N)c2cnc(N)c(c2)OC(C)c2cc(F)ccc2C(=O)N(C2CC2)C1. The highest BCUT2D eigenvalue weighted by atomic mass is 19.1. The molecule has 1 aromatic heterocycles. The second-order valence-electron chi connectivity index (χ2n) is 7.99. The molecule has 1 atom stereocenters. The summed E-state index contributed by atoms with van der Waals surface area (Å²) in [5, 5.41) is 11.5. The van der Waals surface area contributed by atoms with Crippen LogP contribution in [0.25, 0.3) is 5.57 Å². The smallest absolute Gasteiger partial charge is 0.254 e. The molecule has 1 saturated carbocycles. The Labute approximate surface area is 180 Å². The first-order valence-electron chi connectivity index (χ1n) is 10.3. The number of halogens is 1. The summed E-state index contributed by atoms with van der Waals surface area (Å²) in [4.78, 5) is 19.7. The van der Waals surface area contributed by atoms with E-state index in [4.69, 9.17) is 15.9 Å². The van der Waals surface area contributed by atoms with Crippen molar-refractivity contribution >= 4 is 23.0 Å². The van der Waals surface area contributed by atoms with Crippen LogP contribution in [-0.2, 0) is 0 Å². The Balaban J connectivity index is 1.96. The van der Waals surface area contributed by atoms with E-state index in [-0.39, 0.29) is 17.8 Å². The second-order valence-corrected chi connectivity index (χ2v) is 7.99. The lowest BCUT2D eigenvalue weighted by Crippen LogP contribution is -2.38. The fourth-order valence-electron chi connectivity index (χ4n) is 3.98. The minimum atomic E-state index is -0.633. The maximum atomic E-state index is 14.1. The van der Waals surface area contributed by atoms with Gasteiger partial charge in [0.1, 0.15) is 11.9 Å². The number of hydrogen-bond donors (Lipinski definition) is 3. The number of fused-ring (bicyclic) bond motifs is 3. The van der Waals surface area contributed by atoms with Crippen molar-refractivity contribution in [3.05, 3.63) is 58.7 Å². The lowest BCUT2D eigenvalue weighted by molar-refractivity contribution is 0.0751. The number of likely N-dealkylation sites (N-methyl/N-ethyl adjacent to an activating group) is 1. The lowest BCUT2D eigenvalue weighted by atomic mass is 9.98. The fraction of sp³-hybridized carbons (Fsp3) is 0.348. The number of nitrogens with one attached hydrogen (secondary N) is 2. The highest BCUT2D eigenvalue weighted by Gasteiger charge is 2.36. The van der Waals surface area contributed by atoms with E-state index in [1.807, 2.05) is 0 Å². The summed E-state index contributed by atoms with van der Waals surface area (Å²) >= 11 is 0. The van der Waals surface area contributed by atoms with Crippen LogP contribution in [0.15, 0.2) is 36.2 Å². The normalized spacial score (nSPS) is 21.5. The van der Waals surface area contributed by atoms with E-state index in [1.54, 1.807) is 38.1 Å². The van der Waals surface area contributed by atoms with Gasteiger partial charge in [0.25, 0.3) is 5.91 Å². The van der Waals surface area contributed by atoms with Crippen molar-refractivity contribution in [3.63, 3.8) is 0 Å². The molecule has 0 saturated heterocycles. The summed E-state index contributed by atoms with van der Waals surface area (Å²) < 4.78 is 20.2. The summed E-state index contributed by atoms with van der Waals surface area (Å²) in [6, 6.07) is 5.99. The molecule has 1 unspecified atom stereocenters. The summed E-state index contributed by atoms with van der Waals surface area (Å²) in [6.45, 7) is 3.75. The standard InChI is InChI=1S/C23H26FN5O2/c1-12(25)21-14-8-20(22(26)28-10-14)31-13(2)18-9-15(24)4-7-17(18)23(30)29(16-5-6-16)11-19(21)27-3/h4,7-10,13,16,25,27H,5-6,11H2,1-3H3,(H2,26,28)/b21-19+,25-12?. The third-order valence-electron chi connectivity index (χ3n) is 5.71. The number of ether oxygens (including phenoxy) is 1. The lowest BCUT2D eigenvalue weighted by Gasteiger charge is -2.28. The van der Waals surface area contributed by atoms with E-state index in [0.717, 1.165) is 18.5 Å². The van der Waals surface area contributed by atoms with Crippen LogP contribution in [0, 0.1) is 11.2 Å². The van der Waals surface area contributed by atoms with Gasteiger partial charge in [0.05, 0.1) is 6.54 Å². The van der Waals surface area contributed by atoms with Crippen molar-refractivity contribution in [2.24, 2.45) is 0 Å². The molecule has 4 N–H and O–H groups in total. The maximum Gasteiger partial charge on any atom is 0.254 e. The zero-order valence-corrected chi connectivity index (χ0v) is 17.8. The number of carbonyl (C=O) groups is 1. The van der Waals surface area contributed by atoms with Crippen LogP contribution in [-0.4, -0.2) is 41.1 Å². The van der Waals surface area contributed by atoms with Crippen LogP contribution < -0.4 is 15.8 Å². The second kappa shape index (κ2) is 8.02. The van der Waals surface area contributed by atoms with Gasteiger partial charge in [0, 0.05) is 53.0 Å². The molecular weight excluding hydrogens is 397 g/mol. The quantitative estimate of drug-likeness (QED) is 0.655.